The third-order valence-electron chi connectivity index (χ3n) is 3.21. The van der Waals surface area contributed by atoms with Gasteiger partial charge in [-0.05, 0) is 50.6 Å². The van der Waals surface area contributed by atoms with Crippen LogP contribution in [0.3, 0.4) is 0 Å². The average Bonchev–Trinajstić information content (AvgIpc) is 2.70. The zero-order chi connectivity index (χ0) is 15.8. The Balaban J connectivity index is 2.49. The second-order valence-electron chi connectivity index (χ2n) is 4.83. The van der Waals surface area contributed by atoms with E-state index in [1.54, 1.807) is 32.9 Å². The quantitative estimate of drug-likeness (QED) is 0.904. The van der Waals surface area contributed by atoms with Gasteiger partial charge < -0.3 is 5.11 Å². The molecule has 0 aliphatic heterocycles. The lowest BCUT2D eigenvalue weighted by Crippen LogP contribution is -2.25. The fourth-order valence-corrected chi connectivity index (χ4v) is 3.41. The van der Waals surface area contributed by atoms with Crippen LogP contribution in [-0.4, -0.2) is 24.2 Å². The van der Waals surface area contributed by atoms with Crippen molar-refractivity contribution in [1.82, 2.24) is 4.68 Å². The first-order valence-electron chi connectivity index (χ1n) is 6.24. The van der Waals surface area contributed by atoms with E-state index in [0.29, 0.717) is 5.56 Å². The minimum atomic E-state index is -3.87. The molecule has 21 heavy (non-hydrogen) atoms. The van der Waals surface area contributed by atoms with Crippen molar-refractivity contribution in [3.63, 3.8) is 0 Å². The largest absolute Gasteiger partial charge is 0.478 e. The number of aromatic nitrogens is 1. The molecule has 0 fully saturated rings. The SMILES string of the molecule is Cc1ccc(C(=O)O)cc1S(=O)(=O)Nn1c(C)ccc1C. The van der Waals surface area contributed by atoms with Gasteiger partial charge in [0.05, 0.1) is 10.5 Å². The molecule has 0 spiro atoms. The summed E-state index contributed by atoms with van der Waals surface area (Å²) in [5, 5.41) is 8.99. The van der Waals surface area contributed by atoms with Crippen molar-refractivity contribution in [2.75, 3.05) is 4.83 Å². The van der Waals surface area contributed by atoms with Crippen LogP contribution in [0.4, 0.5) is 0 Å². The Morgan fingerprint density at radius 1 is 1.10 bits per heavy atom. The summed E-state index contributed by atoms with van der Waals surface area (Å²) >= 11 is 0. The summed E-state index contributed by atoms with van der Waals surface area (Å²) in [4.78, 5) is 13.4. The molecule has 0 atom stereocenters. The maximum absolute atomic E-state index is 12.5. The first-order valence-corrected chi connectivity index (χ1v) is 7.72. The number of hydrogen-bond donors (Lipinski definition) is 2. The smallest absolute Gasteiger partial charge is 0.335 e. The Hall–Kier alpha value is -2.28. The fraction of sp³-hybridized carbons (Fsp3) is 0.214. The number of carbonyl (C=O) groups is 1. The summed E-state index contributed by atoms with van der Waals surface area (Å²) in [5.74, 6) is -1.17. The summed E-state index contributed by atoms with van der Waals surface area (Å²) in [6.45, 7) is 5.17. The number of aromatic carboxylic acids is 1. The Morgan fingerprint density at radius 2 is 1.67 bits per heavy atom. The van der Waals surface area contributed by atoms with E-state index in [4.69, 9.17) is 5.11 Å². The van der Waals surface area contributed by atoms with Crippen molar-refractivity contribution in [3.05, 3.63) is 52.8 Å². The van der Waals surface area contributed by atoms with Crippen LogP contribution in [0.15, 0.2) is 35.2 Å². The number of benzene rings is 1. The highest BCUT2D eigenvalue weighted by Gasteiger charge is 2.20. The average molecular weight is 308 g/mol. The van der Waals surface area contributed by atoms with Gasteiger partial charge in [-0.25, -0.2) is 9.63 Å². The van der Waals surface area contributed by atoms with Crippen LogP contribution in [0.5, 0.6) is 0 Å². The fourth-order valence-electron chi connectivity index (χ4n) is 2.00. The first-order chi connectivity index (χ1) is 9.72. The van der Waals surface area contributed by atoms with E-state index in [0.717, 1.165) is 17.5 Å². The van der Waals surface area contributed by atoms with Gasteiger partial charge in [0, 0.05) is 11.4 Å². The Morgan fingerprint density at radius 3 is 2.19 bits per heavy atom. The highest BCUT2D eigenvalue weighted by atomic mass is 32.2. The number of carboxylic acid groups (broad SMARTS) is 1. The topological polar surface area (TPSA) is 88.4 Å². The number of rotatable bonds is 4. The van der Waals surface area contributed by atoms with Crippen molar-refractivity contribution in [1.29, 1.82) is 0 Å². The van der Waals surface area contributed by atoms with Crippen LogP contribution < -0.4 is 4.83 Å². The molecule has 0 unspecified atom stereocenters. The van der Waals surface area contributed by atoms with Crippen molar-refractivity contribution >= 4 is 16.0 Å². The van der Waals surface area contributed by atoms with Crippen LogP contribution in [0.2, 0.25) is 0 Å². The number of hydrogen-bond acceptors (Lipinski definition) is 3. The van der Waals surface area contributed by atoms with E-state index in [1.807, 2.05) is 0 Å². The number of sulfonamides is 1. The summed E-state index contributed by atoms with van der Waals surface area (Å²) in [6, 6.07) is 7.60. The third kappa shape index (κ3) is 2.92. The lowest BCUT2D eigenvalue weighted by atomic mass is 10.1. The van der Waals surface area contributed by atoms with Crippen LogP contribution >= 0.6 is 0 Å². The maximum Gasteiger partial charge on any atom is 0.335 e. The molecule has 0 aliphatic carbocycles. The molecule has 2 aromatic rings. The molecule has 0 radical (unpaired) electrons. The van der Waals surface area contributed by atoms with Gasteiger partial charge in [0.1, 0.15) is 0 Å². The van der Waals surface area contributed by atoms with Gasteiger partial charge in [0.2, 0.25) is 0 Å². The molecule has 2 rings (SSSR count). The summed E-state index contributed by atoms with van der Waals surface area (Å²) < 4.78 is 26.4. The van der Waals surface area contributed by atoms with E-state index in [-0.39, 0.29) is 10.5 Å². The summed E-state index contributed by atoms with van der Waals surface area (Å²) in [6.07, 6.45) is 0. The molecule has 1 aromatic carbocycles. The zero-order valence-corrected chi connectivity index (χ0v) is 12.7. The van der Waals surface area contributed by atoms with Crippen LogP contribution in [0.25, 0.3) is 0 Å². The first kappa shape index (κ1) is 15.1. The molecule has 0 saturated heterocycles. The van der Waals surface area contributed by atoms with Gasteiger partial charge in [-0.3, -0.25) is 4.68 Å². The van der Waals surface area contributed by atoms with Crippen molar-refractivity contribution in [2.45, 2.75) is 25.7 Å². The molecule has 112 valence electrons. The highest BCUT2D eigenvalue weighted by molar-refractivity contribution is 7.92. The molecule has 2 N–H and O–H groups in total. The van der Waals surface area contributed by atoms with Gasteiger partial charge >= 0.3 is 5.97 Å². The predicted molar refractivity (Wildman–Crippen MR) is 78.6 cm³/mol. The van der Waals surface area contributed by atoms with E-state index in [1.165, 1.54) is 16.8 Å². The molecule has 1 heterocycles. The standard InChI is InChI=1S/C14H16N2O4S/c1-9-4-7-12(14(17)18)8-13(9)21(19,20)15-16-10(2)5-6-11(16)3/h4-8,15H,1-3H3,(H,17,18). The van der Waals surface area contributed by atoms with Gasteiger partial charge in [-0.1, -0.05) is 6.07 Å². The van der Waals surface area contributed by atoms with Crippen molar-refractivity contribution < 1.29 is 18.3 Å². The molecule has 0 bridgehead atoms. The van der Waals surface area contributed by atoms with Gasteiger partial charge in [0.25, 0.3) is 10.0 Å². The van der Waals surface area contributed by atoms with E-state index in [2.05, 4.69) is 4.83 Å². The minimum absolute atomic E-state index is 0.0464. The molecule has 7 heteroatoms. The lowest BCUT2D eigenvalue weighted by Gasteiger charge is -2.15. The normalized spacial score (nSPS) is 11.4. The van der Waals surface area contributed by atoms with Crippen LogP contribution in [-0.2, 0) is 10.0 Å². The van der Waals surface area contributed by atoms with Gasteiger partial charge in [0.15, 0.2) is 0 Å². The Kier molecular flexibility index (Phi) is 3.78. The summed E-state index contributed by atoms with van der Waals surface area (Å²) in [7, 11) is -3.87. The number of aryl methyl sites for hydroxylation is 3. The Labute approximate surface area is 123 Å². The van der Waals surface area contributed by atoms with Gasteiger partial charge in [-0.15, -0.1) is 0 Å². The lowest BCUT2D eigenvalue weighted by molar-refractivity contribution is 0.0696. The molecular formula is C14H16N2O4S. The number of carboxylic acids is 1. The van der Waals surface area contributed by atoms with E-state index in [9.17, 15) is 13.2 Å². The number of nitrogens with zero attached hydrogens (tertiary/aromatic N) is 1. The second-order valence-corrected chi connectivity index (χ2v) is 6.46. The molecule has 0 amide bonds. The van der Waals surface area contributed by atoms with Crippen molar-refractivity contribution in [2.24, 2.45) is 0 Å². The van der Waals surface area contributed by atoms with E-state index < -0.39 is 16.0 Å². The minimum Gasteiger partial charge on any atom is -0.478 e. The van der Waals surface area contributed by atoms with Crippen molar-refractivity contribution in [3.8, 4) is 0 Å². The van der Waals surface area contributed by atoms with E-state index >= 15 is 0 Å². The second kappa shape index (κ2) is 5.25. The van der Waals surface area contributed by atoms with Gasteiger partial charge in [-0.2, -0.15) is 8.42 Å². The zero-order valence-electron chi connectivity index (χ0n) is 11.9. The maximum atomic E-state index is 12.5. The molecule has 0 saturated carbocycles. The van der Waals surface area contributed by atoms with Crippen LogP contribution in [0, 0.1) is 20.8 Å². The molecular weight excluding hydrogens is 292 g/mol. The number of nitrogens with one attached hydrogen (secondary N) is 1. The Bertz CT molecular complexity index is 787. The van der Waals surface area contributed by atoms with Crippen LogP contribution in [0.1, 0.15) is 27.3 Å². The monoisotopic (exact) mass is 308 g/mol. The highest BCUT2D eigenvalue weighted by Crippen LogP contribution is 2.19. The molecule has 0 aliphatic rings. The molecule has 6 nitrogen and oxygen atoms in total. The third-order valence-corrected chi connectivity index (χ3v) is 4.65. The predicted octanol–water partition coefficient (Wildman–Crippen LogP) is 2.04. The summed E-state index contributed by atoms with van der Waals surface area (Å²) in [5.41, 5.74) is 1.89. The molecule has 1 aromatic heterocycles.